The summed E-state index contributed by atoms with van der Waals surface area (Å²) < 4.78 is 0. The predicted octanol–water partition coefficient (Wildman–Crippen LogP) is 1.45. The topological polar surface area (TPSA) is 101 Å². The molecule has 0 bridgehead atoms. The number of hydroxylamine groups is 1. The van der Waals surface area contributed by atoms with Crippen molar-refractivity contribution in [2.24, 2.45) is 0 Å². The number of nitrogen functional groups attached to an aromatic ring is 1. The Morgan fingerprint density at radius 2 is 2.14 bits per heavy atom. The lowest BCUT2D eigenvalue weighted by atomic mass is 9.81. The maximum atomic E-state index is 11.5. The van der Waals surface area contributed by atoms with E-state index in [4.69, 9.17) is 10.9 Å². The fourth-order valence-electron chi connectivity index (χ4n) is 2.83. The second-order valence-corrected chi connectivity index (χ2v) is 5.23. The van der Waals surface area contributed by atoms with Gasteiger partial charge in [0.15, 0.2) is 0 Å². The summed E-state index contributed by atoms with van der Waals surface area (Å²) in [5.41, 5.74) is 11.1. The Hall–Kier alpha value is -2.47. The van der Waals surface area contributed by atoms with E-state index in [1.807, 2.05) is 12.1 Å². The lowest BCUT2D eigenvalue weighted by Gasteiger charge is -2.24. The number of nitrogens with zero attached hydrogens (tertiary/aromatic N) is 2. The molecule has 1 aliphatic carbocycles. The van der Waals surface area contributed by atoms with Gasteiger partial charge in [0, 0.05) is 23.2 Å². The van der Waals surface area contributed by atoms with E-state index in [9.17, 15) is 4.79 Å². The zero-order chi connectivity index (χ0) is 14.8. The molecule has 1 aliphatic rings. The molecule has 21 heavy (non-hydrogen) atoms. The molecule has 0 aliphatic heterocycles. The van der Waals surface area contributed by atoms with Crippen LogP contribution in [0.5, 0.6) is 0 Å². The molecule has 1 unspecified atom stereocenters. The maximum Gasteiger partial charge on any atom is 0.274 e. The van der Waals surface area contributed by atoms with E-state index >= 15 is 0 Å². The first-order valence-corrected chi connectivity index (χ1v) is 6.81. The molecule has 0 radical (unpaired) electrons. The third-order valence-electron chi connectivity index (χ3n) is 3.93. The minimum atomic E-state index is -0.494. The fourth-order valence-corrected chi connectivity index (χ4v) is 2.83. The Balaban J connectivity index is 1.88. The fraction of sp³-hybridized carbons (Fsp3) is 0.267. The van der Waals surface area contributed by atoms with E-state index in [-0.39, 0.29) is 5.92 Å². The molecule has 1 amide bonds. The highest BCUT2D eigenvalue weighted by atomic mass is 16.5. The highest BCUT2D eigenvalue weighted by molar-refractivity contribution is 5.93. The van der Waals surface area contributed by atoms with E-state index in [0.717, 1.165) is 30.5 Å². The molecule has 0 fully saturated rings. The minimum absolute atomic E-state index is 0.273. The number of carbonyl (C=O) groups is 1. The average Bonchev–Trinajstić information content (AvgIpc) is 2.53. The van der Waals surface area contributed by atoms with Crippen LogP contribution in [0.25, 0.3) is 0 Å². The number of benzene rings is 1. The van der Waals surface area contributed by atoms with Crippen molar-refractivity contribution >= 4 is 11.7 Å². The van der Waals surface area contributed by atoms with Gasteiger partial charge in [-0.3, -0.25) is 10.0 Å². The molecular formula is C15H16N4O2. The molecule has 3 rings (SSSR count). The summed E-state index contributed by atoms with van der Waals surface area (Å²) >= 11 is 0. The number of anilines is 1. The number of amides is 1. The Morgan fingerprint density at radius 3 is 2.90 bits per heavy atom. The molecule has 0 saturated heterocycles. The van der Waals surface area contributed by atoms with Crippen molar-refractivity contribution in [2.75, 3.05) is 5.73 Å². The van der Waals surface area contributed by atoms with Gasteiger partial charge in [-0.05, 0) is 42.5 Å². The zero-order valence-corrected chi connectivity index (χ0v) is 11.4. The Bertz CT molecular complexity index is 687. The van der Waals surface area contributed by atoms with Crippen LogP contribution in [0.4, 0.5) is 5.82 Å². The van der Waals surface area contributed by atoms with Gasteiger partial charge in [-0.15, -0.1) is 0 Å². The third-order valence-corrected chi connectivity index (χ3v) is 3.93. The summed E-state index contributed by atoms with van der Waals surface area (Å²) in [4.78, 5) is 19.7. The van der Waals surface area contributed by atoms with E-state index in [1.54, 1.807) is 17.6 Å². The summed E-state index contributed by atoms with van der Waals surface area (Å²) in [6.45, 7) is 0. The van der Waals surface area contributed by atoms with Gasteiger partial charge in [0.25, 0.3) is 5.91 Å². The van der Waals surface area contributed by atoms with Crippen LogP contribution in [0.1, 0.15) is 39.5 Å². The summed E-state index contributed by atoms with van der Waals surface area (Å²) in [6.07, 6.45) is 4.22. The van der Waals surface area contributed by atoms with Gasteiger partial charge in [-0.25, -0.2) is 15.4 Å². The molecule has 1 atom stereocenters. The smallest absolute Gasteiger partial charge is 0.274 e. The first kappa shape index (κ1) is 13.5. The van der Waals surface area contributed by atoms with Crippen LogP contribution in [-0.4, -0.2) is 21.1 Å². The van der Waals surface area contributed by atoms with Crippen molar-refractivity contribution in [3.05, 3.63) is 53.0 Å². The molecule has 0 spiro atoms. The van der Waals surface area contributed by atoms with Crippen molar-refractivity contribution in [3.63, 3.8) is 0 Å². The van der Waals surface area contributed by atoms with Gasteiger partial charge in [0.2, 0.25) is 0 Å². The second kappa shape index (κ2) is 5.49. The number of hydrogen-bond donors (Lipinski definition) is 3. The van der Waals surface area contributed by atoms with Gasteiger partial charge in [0.1, 0.15) is 12.1 Å². The van der Waals surface area contributed by atoms with Crippen LogP contribution in [0, 0.1) is 0 Å². The van der Waals surface area contributed by atoms with Gasteiger partial charge in [-0.2, -0.15) is 0 Å². The number of carbonyl (C=O) groups excluding carboxylic acids is 1. The van der Waals surface area contributed by atoms with Crippen molar-refractivity contribution < 1.29 is 10.0 Å². The van der Waals surface area contributed by atoms with Gasteiger partial charge >= 0.3 is 0 Å². The molecule has 108 valence electrons. The first-order chi connectivity index (χ1) is 10.2. The van der Waals surface area contributed by atoms with Gasteiger partial charge in [-0.1, -0.05) is 6.07 Å². The van der Waals surface area contributed by atoms with E-state index in [1.165, 1.54) is 11.9 Å². The van der Waals surface area contributed by atoms with Gasteiger partial charge < -0.3 is 5.73 Å². The maximum absolute atomic E-state index is 11.5. The summed E-state index contributed by atoms with van der Waals surface area (Å²) in [7, 11) is 0. The highest BCUT2D eigenvalue weighted by Gasteiger charge is 2.22. The lowest BCUT2D eigenvalue weighted by molar-refractivity contribution is 0.0706. The molecule has 6 heteroatoms. The molecule has 6 nitrogen and oxygen atoms in total. The standard InChI is InChI=1S/C15H16N4O2/c16-14-7-13(17-8-18-14)10-3-1-9-2-4-11(15(20)19-21)6-12(9)5-10/h2,4,6-8,10,21H,1,3,5H2,(H,19,20)(H2,16,17,18). The summed E-state index contributed by atoms with van der Waals surface area (Å²) in [5, 5.41) is 8.72. The second-order valence-electron chi connectivity index (χ2n) is 5.23. The molecule has 1 aromatic carbocycles. The highest BCUT2D eigenvalue weighted by Crippen LogP contribution is 2.32. The third kappa shape index (κ3) is 2.71. The van der Waals surface area contributed by atoms with Crippen LogP contribution in [0.2, 0.25) is 0 Å². The largest absolute Gasteiger partial charge is 0.384 e. The quantitative estimate of drug-likeness (QED) is 0.572. The van der Waals surface area contributed by atoms with Crippen molar-refractivity contribution in [3.8, 4) is 0 Å². The number of rotatable bonds is 2. The lowest BCUT2D eigenvalue weighted by Crippen LogP contribution is -2.20. The number of nitrogens with one attached hydrogen (secondary N) is 1. The number of aryl methyl sites for hydroxylation is 1. The molecular weight excluding hydrogens is 268 g/mol. The molecule has 2 aromatic rings. The van der Waals surface area contributed by atoms with Crippen LogP contribution in [-0.2, 0) is 12.8 Å². The van der Waals surface area contributed by atoms with Gasteiger partial charge in [0.05, 0.1) is 0 Å². The first-order valence-electron chi connectivity index (χ1n) is 6.81. The van der Waals surface area contributed by atoms with E-state index in [2.05, 4.69) is 9.97 Å². The Morgan fingerprint density at radius 1 is 1.29 bits per heavy atom. The summed E-state index contributed by atoms with van der Waals surface area (Å²) in [6, 6.07) is 7.31. The molecule has 1 aromatic heterocycles. The predicted molar refractivity (Wildman–Crippen MR) is 76.9 cm³/mol. The molecule has 4 N–H and O–H groups in total. The van der Waals surface area contributed by atoms with Crippen LogP contribution in [0.15, 0.2) is 30.6 Å². The Labute approximate surface area is 122 Å². The number of aromatic nitrogens is 2. The Kier molecular flexibility index (Phi) is 3.53. The minimum Gasteiger partial charge on any atom is -0.384 e. The van der Waals surface area contributed by atoms with Crippen LogP contribution >= 0.6 is 0 Å². The normalized spacial score (nSPS) is 17.1. The summed E-state index contributed by atoms with van der Waals surface area (Å²) in [5.74, 6) is 0.251. The number of nitrogens with two attached hydrogens (primary N) is 1. The average molecular weight is 284 g/mol. The van der Waals surface area contributed by atoms with Crippen molar-refractivity contribution in [1.29, 1.82) is 0 Å². The van der Waals surface area contributed by atoms with Crippen molar-refractivity contribution in [2.45, 2.75) is 25.2 Å². The number of fused-ring (bicyclic) bond motifs is 1. The van der Waals surface area contributed by atoms with E-state index in [0.29, 0.717) is 11.4 Å². The number of hydrogen-bond acceptors (Lipinski definition) is 5. The molecule has 0 saturated carbocycles. The molecule has 1 heterocycles. The van der Waals surface area contributed by atoms with Crippen LogP contribution in [0.3, 0.4) is 0 Å². The van der Waals surface area contributed by atoms with E-state index < -0.39 is 5.91 Å². The zero-order valence-electron chi connectivity index (χ0n) is 11.4. The monoisotopic (exact) mass is 284 g/mol. The SMILES string of the molecule is Nc1cc(C2CCc3ccc(C(=O)NO)cc3C2)ncn1. The van der Waals surface area contributed by atoms with Crippen LogP contribution < -0.4 is 11.2 Å². The van der Waals surface area contributed by atoms with Crippen molar-refractivity contribution in [1.82, 2.24) is 15.4 Å².